The molecule has 0 bridgehead atoms. The normalized spacial score (nSPS) is 9.89. The molecule has 1 aromatic heterocycles. The van der Waals surface area contributed by atoms with Gasteiger partial charge in [-0.3, -0.25) is 0 Å². The second kappa shape index (κ2) is 5.03. The molecule has 0 saturated carbocycles. The lowest BCUT2D eigenvalue weighted by Crippen LogP contribution is -2.01. The Balaban J connectivity index is 2.37. The maximum absolute atomic E-state index is 8.86. The molecular formula is C13H11ClN4. The van der Waals surface area contributed by atoms with E-state index in [1.807, 2.05) is 32.0 Å². The third-order valence-corrected chi connectivity index (χ3v) is 2.65. The Morgan fingerprint density at radius 1 is 1.22 bits per heavy atom. The van der Waals surface area contributed by atoms with E-state index < -0.39 is 0 Å². The monoisotopic (exact) mass is 258 g/mol. The van der Waals surface area contributed by atoms with Crippen molar-refractivity contribution in [1.29, 1.82) is 5.26 Å². The number of nitriles is 1. The minimum Gasteiger partial charge on any atom is -0.324 e. The van der Waals surface area contributed by atoms with Crippen LogP contribution in [-0.2, 0) is 0 Å². The minimum atomic E-state index is 0.338. The summed E-state index contributed by atoms with van der Waals surface area (Å²) >= 11 is 5.94. The van der Waals surface area contributed by atoms with Crippen molar-refractivity contribution in [2.24, 2.45) is 0 Å². The molecule has 0 fully saturated rings. The first kappa shape index (κ1) is 12.3. The molecule has 5 heteroatoms. The highest BCUT2D eigenvalue weighted by Gasteiger charge is 2.05. The second-order valence-corrected chi connectivity index (χ2v) is 4.35. The van der Waals surface area contributed by atoms with Crippen molar-refractivity contribution in [1.82, 2.24) is 9.97 Å². The molecule has 2 rings (SSSR count). The Morgan fingerprint density at radius 3 is 2.72 bits per heavy atom. The molecule has 0 amide bonds. The summed E-state index contributed by atoms with van der Waals surface area (Å²) in [6.45, 7) is 3.78. The third-order valence-electron chi connectivity index (χ3n) is 2.41. The van der Waals surface area contributed by atoms with E-state index >= 15 is 0 Å². The fourth-order valence-electron chi connectivity index (χ4n) is 1.53. The van der Waals surface area contributed by atoms with Crippen molar-refractivity contribution in [2.45, 2.75) is 13.8 Å². The largest absolute Gasteiger partial charge is 0.324 e. The molecule has 1 aromatic carbocycles. The van der Waals surface area contributed by atoms with E-state index in [2.05, 4.69) is 15.3 Å². The van der Waals surface area contributed by atoms with Gasteiger partial charge >= 0.3 is 0 Å². The van der Waals surface area contributed by atoms with E-state index in [9.17, 15) is 0 Å². The summed E-state index contributed by atoms with van der Waals surface area (Å²) < 4.78 is 0. The molecule has 2 aromatic rings. The van der Waals surface area contributed by atoms with Crippen molar-refractivity contribution in [2.75, 3.05) is 5.32 Å². The van der Waals surface area contributed by atoms with Gasteiger partial charge < -0.3 is 5.32 Å². The van der Waals surface area contributed by atoms with Crippen LogP contribution in [-0.4, -0.2) is 9.97 Å². The lowest BCUT2D eigenvalue weighted by atomic mass is 10.2. The van der Waals surface area contributed by atoms with Gasteiger partial charge in [0.15, 0.2) is 0 Å². The maximum atomic E-state index is 8.86. The number of aromatic nitrogens is 2. The fourth-order valence-corrected chi connectivity index (χ4v) is 1.70. The summed E-state index contributed by atoms with van der Waals surface area (Å²) in [6.07, 6.45) is 0. The Morgan fingerprint density at radius 2 is 2.00 bits per heavy atom. The van der Waals surface area contributed by atoms with Crippen LogP contribution in [0.5, 0.6) is 0 Å². The highest BCUT2D eigenvalue weighted by molar-refractivity contribution is 6.30. The molecule has 90 valence electrons. The van der Waals surface area contributed by atoms with E-state index in [4.69, 9.17) is 16.9 Å². The van der Waals surface area contributed by atoms with Gasteiger partial charge in [-0.2, -0.15) is 5.26 Å². The lowest BCUT2D eigenvalue weighted by molar-refractivity contribution is 1.08. The summed E-state index contributed by atoms with van der Waals surface area (Å²) in [5.74, 6) is 0.400. The standard InChI is InChI=1S/C13H11ClN4/c1-8-3-4-10(14)6-12(8)18-13-16-9(2)5-11(7-15)17-13/h3-6H,1-2H3,(H,16,17,18). The van der Waals surface area contributed by atoms with Gasteiger partial charge in [0, 0.05) is 16.4 Å². The number of nitrogens with zero attached hydrogens (tertiary/aromatic N) is 3. The predicted molar refractivity (Wildman–Crippen MR) is 71.0 cm³/mol. The number of rotatable bonds is 2. The fraction of sp³-hybridized carbons (Fsp3) is 0.154. The van der Waals surface area contributed by atoms with Gasteiger partial charge in [0.2, 0.25) is 5.95 Å². The zero-order valence-electron chi connectivity index (χ0n) is 10.0. The van der Waals surface area contributed by atoms with Crippen LogP contribution in [0.4, 0.5) is 11.6 Å². The van der Waals surface area contributed by atoms with E-state index in [1.165, 1.54) is 0 Å². The molecular weight excluding hydrogens is 248 g/mol. The highest BCUT2D eigenvalue weighted by atomic mass is 35.5. The van der Waals surface area contributed by atoms with Gasteiger partial charge in [-0.1, -0.05) is 17.7 Å². The summed E-state index contributed by atoms with van der Waals surface area (Å²) in [6, 6.07) is 9.17. The summed E-state index contributed by atoms with van der Waals surface area (Å²) in [4.78, 5) is 8.32. The van der Waals surface area contributed by atoms with E-state index in [-0.39, 0.29) is 0 Å². The zero-order chi connectivity index (χ0) is 13.1. The number of hydrogen-bond acceptors (Lipinski definition) is 4. The number of anilines is 2. The Bertz CT molecular complexity index is 631. The predicted octanol–water partition coefficient (Wildman–Crippen LogP) is 3.36. The molecule has 0 radical (unpaired) electrons. The van der Waals surface area contributed by atoms with Gasteiger partial charge in [0.1, 0.15) is 11.8 Å². The molecule has 0 atom stereocenters. The smallest absolute Gasteiger partial charge is 0.228 e. The van der Waals surface area contributed by atoms with Gasteiger partial charge in [-0.05, 0) is 37.6 Å². The van der Waals surface area contributed by atoms with Crippen molar-refractivity contribution < 1.29 is 0 Å². The molecule has 0 spiro atoms. The zero-order valence-corrected chi connectivity index (χ0v) is 10.8. The van der Waals surface area contributed by atoms with Crippen LogP contribution >= 0.6 is 11.6 Å². The van der Waals surface area contributed by atoms with Crippen molar-refractivity contribution in [3.63, 3.8) is 0 Å². The number of aryl methyl sites for hydroxylation is 2. The molecule has 4 nitrogen and oxygen atoms in total. The first-order valence-corrected chi connectivity index (χ1v) is 5.75. The Hall–Kier alpha value is -2.12. The SMILES string of the molecule is Cc1cc(C#N)nc(Nc2cc(Cl)ccc2C)n1. The molecule has 0 aliphatic heterocycles. The topological polar surface area (TPSA) is 61.6 Å². The maximum Gasteiger partial charge on any atom is 0.228 e. The number of hydrogen-bond donors (Lipinski definition) is 1. The number of nitrogens with one attached hydrogen (secondary N) is 1. The Labute approximate surface area is 110 Å². The van der Waals surface area contributed by atoms with Gasteiger partial charge in [0.25, 0.3) is 0 Å². The average molecular weight is 259 g/mol. The van der Waals surface area contributed by atoms with Crippen LogP contribution in [0.3, 0.4) is 0 Å². The quantitative estimate of drug-likeness (QED) is 0.897. The Kier molecular flexibility index (Phi) is 3.45. The van der Waals surface area contributed by atoms with Crippen LogP contribution in [0.1, 0.15) is 17.0 Å². The van der Waals surface area contributed by atoms with Crippen molar-refractivity contribution >= 4 is 23.2 Å². The number of benzene rings is 1. The number of halogens is 1. The minimum absolute atomic E-state index is 0.338. The van der Waals surface area contributed by atoms with Crippen LogP contribution in [0.2, 0.25) is 5.02 Å². The first-order chi connectivity index (χ1) is 8.58. The summed E-state index contributed by atoms with van der Waals surface area (Å²) in [5.41, 5.74) is 2.94. The van der Waals surface area contributed by atoms with Crippen LogP contribution in [0.15, 0.2) is 24.3 Å². The summed E-state index contributed by atoms with van der Waals surface area (Å²) in [5, 5.41) is 12.6. The molecule has 0 saturated heterocycles. The van der Waals surface area contributed by atoms with Crippen LogP contribution in [0, 0.1) is 25.2 Å². The van der Waals surface area contributed by atoms with Gasteiger partial charge in [0.05, 0.1) is 0 Å². The van der Waals surface area contributed by atoms with E-state index in [0.29, 0.717) is 16.7 Å². The van der Waals surface area contributed by atoms with E-state index in [1.54, 1.807) is 12.1 Å². The molecule has 0 aliphatic carbocycles. The average Bonchev–Trinajstić information content (AvgIpc) is 2.33. The highest BCUT2D eigenvalue weighted by Crippen LogP contribution is 2.22. The van der Waals surface area contributed by atoms with Crippen molar-refractivity contribution in [3.8, 4) is 6.07 Å². The first-order valence-electron chi connectivity index (χ1n) is 5.37. The van der Waals surface area contributed by atoms with Gasteiger partial charge in [-0.25, -0.2) is 9.97 Å². The molecule has 1 heterocycles. The molecule has 0 unspecified atom stereocenters. The van der Waals surface area contributed by atoms with Crippen LogP contribution in [0.25, 0.3) is 0 Å². The summed E-state index contributed by atoms with van der Waals surface area (Å²) in [7, 11) is 0. The molecule has 1 N–H and O–H groups in total. The van der Waals surface area contributed by atoms with Crippen molar-refractivity contribution in [3.05, 3.63) is 46.2 Å². The second-order valence-electron chi connectivity index (χ2n) is 3.91. The third kappa shape index (κ3) is 2.76. The van der Waals surface area contributed by atoms with Gasteiger partial charge in [-0.15, -0.1) is 0 Å². The van der Waals surface area contributed by atoms with Crippen LogP contribution < -0.4 is 5.32 Å². The lowest BCUT2D eigenvalue weighted by Gasteiger charge is -2.09. The molecule has 0 aliphatic rings. The molecule has 18 heavy (non-hydrogen) atoms. The van der Waals surface area contributed by atoms with E-state index in [0.717, 1.165) is 16.9 Å².